The quantitative estimate of drug-likeness (QED) is 0.738. The maximum absolute atomic E-state index is 12.8. The SMILES string of the molecule is C=CCNC(=O)c1cncc(C(=O)N2CCN(C/C=C/c3ccccc3)CC2)c1. The Hall–Kier alpha value is -3.25. The van der Waals surface area contributed by atoms with Crippen molar-refractivity contribution in [2.45, 2.75) is 0 Å². The number of aromatic nitrogens is 1. The number of pyridine rings is 1. The van der Waals surface area contributed by atoms with Crippen molar-refractivity contribution in [2.75, 3.05) is 39.3 Å². The Balaban J connectivity index is 1.51. The van der Waals surface area contributed by atoms with E-state index in [0.717, 1.165) is 19.6 Å². The van der Waals surface area contributed by atoms with Crippen LogP contribution in [0.3, 0.4) is 0 Å². The smallest absolute Gasteiger partial charge is 0.255 e. The number of rotatable bonds is 7. The Bertz CT molecular complexity index is 871. The summed E-state index contributed by atoms with van der Waals surface area (Å²) in [4.78, 5) is 33.1. The summed E-state index contributed by atoms with van der Waals surface area (Å²) in [7, 11) is 0. The van der Waals surface area contributed by atoms with E-state index in [-0.39, 0.29) is 11.8 Å². The van der Waals surface area contributed by atoms with Gasteiger partial charge in [0.05, 0.1) is 11.1 Å². The number of nitrogens with one attached hydrogen (secondary N) is 1. The van der Waals surface area contributed by atoms with Gasteiger partial charge in [-0.2, -0.15) is 0 Å². The molecule has 0 bridgehead atoms. The molecule has 150 valence electrons. The molecule has 1 aliphatic heterocycles. The molecule has 0 atom stereocenters. The molecule has 1 saturated heterocycles. The standard InChI is InChI=1S/C23H26N4O2/c1-2-10-25-22(28)20-16-21(18-24-17-20)23(29)27-14-12-26(13-15-27)11-6-9-19-7-4-3-5-8-19/h2-9,16-18H,1,10-15H2,(H,25,28)/b9-6+. The number of nitrogens with zero attached hydrogens (tertiary/aromatic N) is 3. The van der Waals surface area contributed by atoms with Gasteiger partial charge >= 0.3 is 0 Å². The first-order valence-electron chi connectivity index (χ1n) is 9.75. The molecule has 2 amide bonds. The first-order valence-corrected chi connectivity index (χ1v) is 9.75. The fraction of sp³-hybridized carbons (Fsp3) is 0.261. The second-order valence-corrected chi connectivity index (χ2v) is 6.87. The highest BCUT2D eigenvalue weighted by Gasteiger charge is 2.22. The van der Waals surface area contributed by atoms with Crippen LogP contribution in [-0.2, 0) is 0 Å². The maximum Gasteiger partial charge on any atom is 0.255 e. The Kier molecular flexibility index (Phi) is 7.30. The van der Waals surface area contributed by atoms with Crippen molar-refractivity contribution < 1.29 is 9.59 Å². The molecule has 6 heteroatoms. The summed E-state index contributed by atoms with van der Waals surface area (Å²) in [5.41, 5.74) is 2.00. The van der Waals surface area contributed by atoms with Crippen molar-refractivity contribution in [3.8, 4) is 0 Å². The van der Waals surface area contributed by atoms with Crippen molar-refractivity contribution in [1.82, 2.24) is 20.1 Å². The van der Waals surface area contributed by atoms with Crippen molar-refractivity contribution in [1.29, 1.82) is 0 Å². The highest BCUT2D eigenvalue weighted by atomic mass is 16.2. The molecular weight excluding hydrogens is 364 g/mol. The summed E-state index contributed by atoms with van der Waals surface area (Å²) in [6, 6.07) is 11.8. The highest BCUT2D eigenvalue weighted by Crippen LogP contribution is 2.10. The number of hydrogen-bond acceptors (Lipinski definition) is 4. The first kappa shape index (κ1) is 20.5. The molecule has 1 N–H and O–H groups in total. The normalized spacial score (nSPS) is 14.7. The van der Waals surface area contributed by atoms with Crippen LogP contribution in [0.1, 0.15) is 26.3 Å². The fourth-order valence-corrected chi connectivity index (χ4v) is 3.17. The molecule has 0 aliphatic carbocycles. The average molecular weight is 390 g/mol. The van der Waals surface area contributed by atoms with E-state index in [4.69, 9.17) is 0 Å². The molecule has 0 saturated carbocycles. The van der Waals surface area contributed by atoms with Gasteiger partial charge in [0.2, 0.25) is 0 Å². The first-order chi connectivity index (χ1) is 14.2. The maximum atomic E-state index is 12.8. The predicted octanol–water partition coefficient (Wildman–Crippen LogP) is 2.47. The Labute approximate surface area is 171 Å². The molecule has 0 spiro atoms. The van der Waals surface area contributed by atoms with E-state index in [1.54, 1.807) is 12.1 Å². The number of hydrogen-bond donors (Lipinski definition) is 1. The van der Waals surface area contributed by atoms with Gasteiger partial charge in [-0.25, -0.2) is 0 Å². The van der Waals surface area contributed by atoms with E-state index in [2.05, 4.69) is 46.1 Å². The molecule has 1 fully saturated rings. The van der Waals surface area contributed by atoms with Crippen molar-refractivity contribution in [3.05, 3.63) is 84.2 Å². The Morgan fingerprint density at radius 2 is 1.79 bits per heavy atom. The van der Waals surface area contributed by atoms with Crippen LogP contribution in [0.15, 0.2) is 67.5 Å². The monoisotopic (exact) mass is 390 g/mol. The van der Waals surface area contributed by atoms with E-state index in [1.807, 2.05) is 23.1 Å². The average Bonchev–Trinajstić information content (AvgIpc) is 2.78. The minimum atomic E-state index is -0.262. The molecule has 1 aliphatic rings. The molecule has 6 nitrogen and oxygen atoms in total. The topological polar surface area (TPSA) is 65.5 Å². The largest absolute Gasteiger partial charge is 0.349 e. The molecule has 0 radical (unpaired) electrons. The van der Waals surface area contributed by atoms with Gasteiger partial charge in [-0.15, -0.1) is 6.58 Å². The van der Waals surface area contributed by atoms with Gasteiger partial charge in [0.15, 0.2) is 0 Å². The zero-order valence-electron chi connectivity index (χ0n) is 16.5. The van der Waals surface area contributed by atoms with Crippen LogP contribution in [-0.4, -0.2) is 65.9 Å². The Morgan fingerprint density at radius 1 is 1.07 bits per heavy atom. The van der Waals surface area contributed by atoms with Crippen LogP contribution >= 0.6 is 0 Å². The lowest BCUT2D eigenvalue weighted by molar-refractivity contribution is 0.0650. The number of amides is 2. The van der Waals surface area contributed by atoms with Crippen LogP contribution in [0.25, 0.3) is 6.08 Å². The molecule has 3 rings (SSSR count). The van der Waals surface area contributed by atoms with E-state index in [0.29, 0.717) is 30.8 Å². The summed E-state index contributed by atoms with van der Waals surface area (Å²) in [5.74, 6) is -0.350. The molecule has 1 aromatic heterocycles. The van der Waals surface area contributed by atoms with Gasteiger partial charge in [0.25, 0.3) is 11.8 Å². The summed E-state index contributed by atoms with van der Waals surface area (Å²) in [6.07, 6.45) is 8.86. The molecule has 1 aromatic carbocycles. The lowest BCUT2D eigenvalue weighted by Crippen LogP contribution is -2.48. The van der Waals surface area contributed by atoms with Gasteiger partial charge < -0.3 is 10.2 Å². The van der Waals surface area contributed by atoms with E-state index in [9.17, 15) is 9.59 Å². The number of carbonyl (C=O) groups is 2. The number of benzene rings is 1. The van der Waals surface area contributed by atoms with E-state index < -0.39 is 0 Å². The minimum Gasteiger partial charge on any atom is -0.349 e. The third kappa shape index (κ3) is 5.86. The second-order valence-electron chi connectivity index (χ2n) is 6.87. The molecular formula is C23H26N4O2. The number of carbonyl (C=O) groups excluding carboxylic acids is 2. The van der Waals surface area contributed by atoms with Crippen LogP contribution in [0.5, 0.6) is 0 Å². The van der Waals surface area contributed by atoms with Crippen molar-refractivity contribution >= 4 is 17.9 Å². The van der Waals surface area contributed by atoms with Crippen LogP contribution in [0, 0.1) is 0 Å². The van der Waals surface area contributed by atoms with Crippen LogP contribution < -0.4 is 5.32 Å². The van der Waals surface area contributed by atoms with Gasteiger partial charge in [0.1, 0.15) is 0 Å². The minimum absolute atomic E-state index is 0.0876. The third-order valence-corrected chi connectivity index (χ3v) is 4.79. The van der Waals surface area contributed by atoms with Gasteiger partial charge in [-0.3, -0.25) is 19.5 Å². The van der Waals surface area contributed by atoms with Gasteiger partial charge in [0, 0.05) is 51.7 Å². The highest BCUT2D eigenvalue weighted by molar-refractivity contribution is 5.99. The lowest BCUT2D eigenvalue weighted by atomic mass is 10.1. The molecule has 2 aromatic rings. The van der Waals surface area contributed by atoms with Crippen molar-refractivity contribution in [3.63, 3.8) is 0 Å². The molecule has 0 unspecified atom stereocenters. The summed E-state index contributed by atoms with van der Waals surface area (Å²) in [6.45, 7) is 7.76. The van der Waals surface area contributed by atoms with Gasteiger partial charge in [-0.05, 0) is 11.6 Å². The molecule has 2 heterocycles. The van der Waals surface area contributed by atoms with E-state index >= 15 is 0 Å². The summed E-state index contributed by atoms with van der Waals surface area (Å²) >= 11 is 0. The van der Waals surface area contributed by atoms with E-state index in [1.165, 1.54) is 18.0 Å². The Morgan fingerprint density at radius 3 is 2.52 bits per heavy atom. The number of piperazine rings is 1. The van der Waals surface area contributed by atoms with Gasteiger partial charge in [-0.1, -0.05) is 48.6 Å². The third-order valence-electron chi connectivity index (χ3n) is 4.79. The predicted molar refractivity (Wildman–Crippen MR) is 115 cm³/mol. The second kappa shape index (κ2) is 10.3. The zero-order chi connectivity index (χ0) is 20.5. The zero-order valence-corrected chi connectivity index (χ0v) is 16.5. The van der Waals surface area contributed by atoms with Crippen LogP contribution in [0.2, 0.25) is 0 Å². The fourth-order valence-electron chi connectivity index (χ4n) is 3.17. The summed E-state index contributed by atoms with van der Waals surface area (Å²) in [5, 5.41) is 2.70. The summed E-state index contributed by atoms with van der Waals surface area (Å²) < 4.78 is 0. The van der Waals surface area contributed by atoms with Crippen molar-refractivity contribution in [2.24, 2.45) is 0 Å². The lowest BCUT2D eigenvalue weighted by Gasteiger charge is -2.34. The molecule has 29 heavy (non-hydrogen) atoms. The van der Waals surface area contributed by atoms with Crippen LogP contribution in [0.4, 0.5) is 0 Å².